The molecule has 0 bridgehead atoms. The number of ketones is 1. The molecule has 1 saturated carbocycles. The number of nitrogens with one attached hydrogen (secondary N) is 1. The molecule has 1 saturated heterocycles. The van der Waals surface area contributed by atoms with Crippen LogP contribution in [0.15, 0.2) is 0 Å². The molecule has 1 N–H and O–H groups in total. The number of quaternary nitrogens is 1. The van der Waals surface area contributed by atoms with Crippen molar-refractivity contribution in [3.63, 3.8) is 0 Å². The van der Waals surface area contributed by atoms with E-state index in [4.69, 9.17) is 4.84 Å². The molecule has 1 heterocycles. The zero-order valence-corrected chi connectivity index (χ0v) is 11.1. The quantitative estimate of drug-likeness (QED) is 0.705. The predicted molar refractivity (Wildman–Crippen MR) is 62.8 cm³/mol. The maximum atomic E-state index is 12.1. The van der Waals surface area contributed by atoms with E-state index in [1.807, 2.05) is 0 Å². The molecule has 2 aliphatic rings. The molecule has 102 valence electrons. The number of hydrogen-bond acceptors (Lipinski definition) is 4. The van der Waals surface area contributed by atoms with Crippen LogP contribution in [0.1, 0.15) is 46.5 Å². The lowest BCUT2D eigenvalue weighted by atomic mass is 9.83. The lowest BCUT2D eigenvalue weighted by molar-refractivity contribution is -1.13. The summed E-state index contributed by atoms with van der Waals surface area (Å²) in [5.74, 6) is 0.0193. The molecule has 0 aromatic rings. The van der Waals surface area contributed by atoms with Crippen molar-refractivity contribution in [2.75, 3.05) is 0 Å². The van der Waals surface area contributed by atoms with Crippen molar-refractivity contribution in [3.8, 4) is 0 Å². The molecule has 2 fully saturated rings. The monoisotopic (exact) mass is 256 g/mol. The van der Waals surface area contributed by atoms with Crippen molar-refractivity contribution >= 4 is 11.7 Å². The fourth-order valence-corrected chi connectivity index (χ4v) is 2.74. The Bertz CT molecular complexity index is 361. The average molecular weight is 256 g/mol. The number of carbonyl (C=O) groups is 2. The molecule has 0 radical (unpaired) electrons. The molecular weight excluding hydrogens is 236 g/mol. The summed E-state index contributed by atoms with van der Waals surface area (Å²) in [5, 5.41) is 12.4. The SMILES string of the molecule is CC(=O)C1CCC(N2C(=O)C(C)(C)O[NH+]2[O-])CC1. The van der Waals surface area contributed by atoms with Crippen LogP contribution in [0.5, 0.6) is 0 Å². The third-order valence-electron chi connectivity index (χ3n) is 3.91. The van der Waals surface area contributed by atoms with Gasteiger partial charge in [0.05, 0.1) is 6.04 Å². The van der Waals surface area contributed by atoms with Gasteiger partial charge in [-0.1, -0.05) is 0 Å². The Morgan fingerprint density at radius 1 is 1.39 bits per heavy atom. The highest BCUT2D eigenvalue weighted by molar-refractivity contribution is 5.84. The van der Waals surface area contributed by atoms with Crippen molar-refractivity contribution in [1.82, 2.24) is 5.01 Å². The number of hydrogen-bond donors (Lipinski definition) is 1. The van der Waals surface area contributed by atoms with E-state index < -0.39 is 10.9 Å². The predicted octanol–water partition coefficient (Wildman–Crippen LogP) is -0.0157. The van der Waals surface area contributed by atoms with Gasteiger partial charge in [0.1, 0.15) is 5.78 Å². The van der Waals surface area contributed by atoms with E-state index >= 15 is 0 Å². The van der Waals surface area contributed by atoms with Gasteiger partial charge in [-0.05, 0) is 46.5 Å². The Morgan fingerprint density at radius 3 is 2.33 bits per heavy atom. The fraction of sp³-hybridized carbons (Fsp3) is 0.833. The molecule has 0 aromatic carbocycles. The Morgan fingerprint density at radius 2 is 1.94 bits per heavy atom. The highest BCUT2D eigenvalue weighted by Gasteiger charge is 2.51. The third kappa shape index (κ3) is 2.28. The van der Waals surface area contributed by atoms with Gasteiger partial charge in [0.15, 0.2) is 0 Å². The lowest BCUT2D eigenvalue weighted by Gasteiger charge is -2.34. The van der Waals surface area contributed by atoms with Gasteiger partial charge in [0, 0.05) is 5.92 Å². The second-order valence-electron chi connectivity index (χ2n) is 5.67. The summed E-state index contributed by atoms with van der Waals surface area (Å²) in [4.78, 5) is 28.4. The van der Waals surface area contributed by atoms with E-state index in [0.29, 0.717) is 12.8 Å². The Labute approximate surface area is 106 Å². The van der Waals surface area contributed by atoms with Crippen molar-refractivity contribution in [3.05, 3.63) is 5.21 Å². The van der Waals surface area contributed by atoms with Gasteiger partial charge >= 0.3 is 5.91 Å². The van der Waals surface area contributed by atoms with E-state index in [1.165, 1.54) is 5.01 Å². The molecule has 1 atom stereocenters. The van der Waals surface area contributed by atoms with E-state index in [9.17, 15) is 14.8 Å². The fourth-order valence-electron chi connectivity index (χ4n) is 2.74. The molecule has 18 heavy (non-hydrogen) atoms. The summed E-state index contributed by atoms with van der Waals surface area (Å²) in [5.41, 5.74) is -1.05. The molecule has 1 amide bonds. The second-order valence-corrected chi connectivity index (χ2v) is 5.67. The second kappa shape index (κ2) is 4.60. The van der Waals surface area contributed by atoms with Gasteiger partial charge in [0.2, 0.25) is 5.60 Å². The Kier molecular flexibility index (Phi) is 3.44. The number of nitrogens with zero attached hydrogens (tertiary/aromatic N) is 1. The first-order chi connectivity index (χ1) is 8.33. The molecule has 1 aliphatic heterocycles. The summed E-state index contributed by atoms with van der Waals surface area (Å²) in [6, 6.07) is -0.109. The van der Waals surface area contributed by atoms with Gasteiger partial charge in [-0.2, -0.15) is 9.85 Å². The van der Waals surface area contributed by atoms with Crippen LogP contribution in [0.4, 0.5) is 0 Å². The minimum absolute atomic E-state index is 0.0861. The Balaban J connectivity index is 2.02. The topological polar surface area (TPSA) is 74.1 Å². The third-order valence-corrected chi connectivity index (χ3v) is 3.91. The van der Waals surface area contributed by atoms with Crippen LogP contribution in [-0.2, 0) is 14.4 Å². The number of rotatable bonds is 2. The van der Waals surface area contributed by atoms with Gasteiger partial charge in [-0.25, -0.2) is 0 Å². The average Bonchev–Trinajstić information content (AvgIpc) is 2.48. The van der Waals surface area contributed by atoms with E-state index in [-0.39, 0.29) is 23.7 Å². The first-order valence-electron chi connectivity index (χ1n) is 6.40. The molecule has 1 unspecified atom stereocenters. The molecular formula is C12H20N2O4. The standard InChI is InChI=1S/C12H20N2O4/c1-8(15)9-4-6-10(7-5-9)13-11(16)12(2,3)18-14(13)17/h9-10,14H,4-7H2,1-3H3. The minimum Gasteiger partial charge on any atom is -0.574 e. The normalized spacial score (nSPS) is 35.9. The van der Waals surface area contributed by atoms with Gasteiger partial charge in [0.25, 0.3) is 0 Å². The summed E-state index contributed by atoms with van der Waals surface area (Å²) in [7, 11) is 0. The van der Waals surface area contributed by atoms with Crippen LogP contribution >= 0.6 is 0 Å². The zero-order valence-electron chi connectivity index (χ0n) is 11.1. The highest BCUT2D eigenvalue weighted by Crippen LogP contribution is 2.29. The van der Waals surface area contributed by atoms with E-state index in [2.05, 4.69) is 0 Å². The maximum Gasteiger partial charge on any atom is 0.309 e. The smallest absolute Gasteiger partial charge is 0.309 e. The van der Waals surface area contributed by atoms with Gasteiger partial charge < -0.3 is 5.21 Å². The van der Waals surface area contributed by atoms with Gasteiger partial charge in [-0.3, -0.25) is 9.59 Å². The largest absolute Gasteiger partial charge is 0.574 e. The maximum absolute atomic E-state index is 12.1. The van der Waals surface area contributed by atoms with E-state index in [0.717, 1.165) is 12.8 Å². The molecule has 0 spiro atoms. The summed E-state index contributed by atoms with van der Waals surface area (Å²) >= 11 is 0. The highest BCUT2D eigenvalue weighted by atomic mass is 16.9. The van der Waals surface area contributed by atoms with Crippen LogP contribution < -0.4 is 5.34 Å². The van der Waals surface area contributed by atoms with Gasteiger partial charge in [-0.15, -0.1) is 5.34 Å². The zero-order chi connectivity index (χ0) is 13.5. The summed E-state index contributed by atoms with van der Waals surface area (Å²) in [6.45, 7) is 4.81. The van der Waals surface area contributed by atoms with Crippen LogP contribution in [0.25, 0.3) is 0 Å². The van der Waals surface area contributed by atoms with Crippen LogP contribution in [0.3, 0.4) is 0 Å². The van der Waals surface area contributed by atoms with Crippen molar-refractivity contribution in [2.45, 2.75) is 58.1 Å². The first-order valence-corrected chi connectivity index (χ1v) is 6.40. The van der Waals surface area contributed by atoms with Crippen LogP contribution in [-0.4, -0.2) is 28.3 Å². The summed E-state index contributed by atoms with van der Waals surface area (Å²) in [6.07, 6.45) is 2.89. The van der Waals surface area contributed by atoms with Crippen molar-refractivity contribution < 1.29 is 19.8 Å². The van der Waals surface area contributed by atoms with Crippen molar-refractivity contribution in [2.24, 2.45) is 5.92 Å². The molecule has 2 rings (SSSR count). The van der Waals surface area contributed by atoms with Crippen molar-refractivity contribution in [1.29, 1.82) is 0 Å². The number of carbonyl (C=O) groups excluding carboxylic acids is 2. The summed E-state index contributed by atoms with van der Waals surface area (Å²) < 4.78 is 0. The van der Waals surface area contributed by atoms with Crippen LogP contribution in [0, 0.1) is 11.1 Å². The first kappa shape index (κ1) is 13.5. The molecule has 6 nitrogen and oxygen atoms in total. The molecule has 6 heteroatoms. The minimum atomic E-state index is -1.05. The van der Waals surface area contributed by atoms with Crippen LogP contribution in [0.2, 0.25) is 0 Å². The van der Waals surface area contributed by atoms with E-state index in [1.54, 1.807) is 20.8 Å². The molecule has 0 aromatic heterocycles. The number of amides is 1. The molecule has 1 aliphatic carbocycles. The lowest BCUT2D eigenvalue weighted by Crippen LogP contribution is -3.11. The number of Topliss-reactive ketones (excluding diaryl/α,β-unsaturated/α-hetero) is 1. The Hall–Kier alpha value is -0.980.